The molecule has 1 saturated heterocycles. The molecule has 0 radical (unpaired) electrons. The lowest BCUT2D eigenvalue weighted by atomic mass is 9.99. The number of hydrogen-bond donors (Lipinski definition) is 1. The minimum atomic E-state index is -0.279. The van der Waals surface area contributed by atoms with Crippen molar-refractivity contribution in [1.82, 2.24) is 9.97 Å². The van der Waals surface area contributed by atoms with Crippen molar-refractivity contribution >= 4 is 17.5 Å². The van der Waals surface area contributed by atoms with Gasteiger partial charge in [0.2, 0.25) is 0 Å². The summed E-state index contributed by atoms with van der Waals surface area (Å²) in [7, 11) is 3.10. The van der Waals surface area contributed by atoms with Crippen molar-refractivity contribution < 1.29 is 14.3 Å². The summed E-state index contributed by atoms with van der Waals surface area (Å²) < 4.78 is 10.4. The molecule has 1 aromatic heterocycles. The Kier molecular flexibility index (Phi) is 5.55. The quantitative estimate of drug-likeness (QED) is 0.887. The smallest absolute Gasteiger partial charge is 0.257 e. The number of methoxy groups -OCH3 is 2. The minimum absolute atomic E-state index is 0.279. The molecule has 0 aliphatic carbocycles. The molecule has 7 nitrogen and oxygen atoms in total. The van der Waals surface area contributed by atoms with Crippen LogP contribution < -0.4 is 19.7 Å². The van der Waals surface area contributed by atoms with Crippen LogP contribution in [0.2, 0.25) is 0 Å². The Balaban J connectivity index is 1.74. The van der Waals surface area contributed by atoms with Gasteiger partial charge < -0.3 is 19.7 Å². The fourth-order valence-electron chi connectivity index (χ4n) is 2.95. The molecule has 7 heteroatoms. The van der Waals surface area contributed by atoms with Gasteiger partial charge in [-0.15, -0.1) is 0 Å². The number of nitrogens with one attached hydrogen (secondary N) is 1. The number of carbonyl (C=O) groups is 1. The Morgan fingerprint density at radius 1 is 1.08 bits per heavy atom. The maximum atomic E-state index is 12.6. The molecular weight excluding hydrogens is 332 g/mol. The molecule has 1 N–H and O–H groups in total. The van der Waals surface area contributed by atoms with Gasteiger partial charge in [0, 0.05) is 30.8 Å². The summed E-state index contributed by atoms with van der Waals surface area (Å²) in [5.74, 6) is 2.89. The van der Waals surface area contributed by atoms with Crippen LogP contribution in [0.5, 0.6) is 11.5 Å². The Bertz CT molecular complexity index is 751. The van der Waals surface area contributed by atoms with Crippen molar-refractivity contribution in [3.8, 4) is 11.5 Å². The largest absolute Gasteiger partial charge is 0.497 e. The van der Waals surface area contributed by atoms with Gasteiger partial charge in [0.05, 0.1) is 14.2 Å². The molecule has 2 aromatic rings. The zero-order valence-electron chi connectivity index (χ0n) is 15.4. The maximum absolute atomic E-state index is 12.6. The van der Waals surface area contributed by atoms with Gasteiger partial charge in [-0.3, -0.25) is 4.79 Å². The summed E-state index contributed by atoms with van der Waals surface area (Å²) >= 11 is 0. The fraction of sp³-hybridized carbons (Fsp3) is 0.421. The molecule has 0 unspecified atom stereocenters. The first kappa shape index (κ1) is 18.0. The highest BCUT2D eigenvalue weighted by Crippen LogP contribution is 2.24. The first-order valence-corrected chi connectivity index (χ1v) is 8.70. The second-order valence-electron chi connectivity index (χ2n) is 6.49. The van der Waals surface area contributed by atoms with Crippen molar-refractivity contribution in [1.29, 1.82) is 0 Å². The second-order valence-corrected chi connectivity index (χ2v) is 6.49. The molecule has 1 amide bonds. The van der Waals surface area contributed by atoms with E-state index in [9.17, 15) is 4.79 Å². The number of aromatic nitrogens is 2. The van der Waals surface area contributed by atoms with Crippen LogP contribution in [0.3, 0.4) is 0 Å². The average molecular weight is 356 g/mol. The molecule has 0 spiro atoms. The van der Waals surface area contributed by atoms with Crippen LogP contribution in [-0.2, 0) is 0 Å². The first-order chi connectivity index (χ1) is 12.6. The summed E-state index contributed by atoms with van der Waals surface area (Å²) in [6.07, 6.45) is 3.78. The van der Waals surface area contributed by atoms with E-state index in [4.69, 9.17) is 9.47 Å². The number of carbonyl (C=O) groups excluding carboxylic acids is 1. The number of ether oxygens (including phenoxy) is 2. The van der Waals surface area contributed by atoms with Crippen molar-refractivity contribution in [3.05, 3.63) is 36.2 Å². The van der Waals surface area contributed by atoms with Crippen LogP contribution in [-0.4, -0.2) is 43.2 Å². The highest BCUT2D eigenvalue weighted by Gasteiger charge is 2.18. The second kappa shape index (κ2) is 8.03. The van der Waals surface area contributed by atoms with E-state index in [1.54, 1.807) is 32.4 Å². The number of anilines is 2. The topological polar surface area (TPSA) is 76.6 Å². The number of hydrogen-bond acceptors (Lipinski definition) is 6. The molecule has 0 bridgehead atoms. The molecule has 1 fully saturated rings. The summed E-state index contributed by atoms with van der Waals surface area (Å²) in [6.45, 7) is 4.21. The Hall–Kier alpha value is -2.83. The van der Waals surface area contributed by atoms with Gasteiger partial charge >= 0.3 is 0 Å². The molecule has 2 heterocycles. The molecule has 1 aliphatic rings. The summed E-state index contributed by atoms with van der Waals surface area (Å²) in [4.78, 5) is 23.3. The fourth-order valence-corrected chi connectivity index (χ4v) is 2.95. The van der Waals surface area contributed by atoms with Crippen LogP contribution in [0.15, 0.2) is 30.6 Å². The molecule has 0 saturated carbocycles. The van der Waals surface area contributed by atoms with Gasteiger partial charge in [0.25, 0.3) is 5.91 Å². The van der Waals surface area contributed by atoms with Crippen molar-refractivity contribution in [2.24, 2.45) is 5.92 Å². The number of nitrogens with zero attached hydrogens (tertiary/aromatic N) is 3. The number of piperidine rings is 1. The van der Waals surface area contributed by atoms with E-state index in [2.05, 4.69) is 27.1 Å². The number of rotatable bonds is 5. The van der Waals surface area contributed by atoms with E-state index in [1.165, 1.54) is 6.33 Å². The van der Waals surface area contributed by atoms with Gasteiger partial charge in [-0.1, -0.05) is 6.92 Å². The van der Waals surface area contributed by atoms with E-state index in [1.807, 2.05) is 6.07 Å². The molecule has 138 valence electrons. The zero-order valence-corrected chi connectivity index (χ0v) is 15.4. The van der Waals surface area contributed by atoms with Crippen LogP contribution >= 0.6 is 0 Å². The van der Waals surface area contributed by atoms with Gasteiger partial charge in [-0.25, -0.2) is 9.97 Å². The summed E-state index contributed by atoms with van der Waals surface area (Å²) in [6, 6.07) is 6.85. The average Bonchev–Trinajstić information content (AvgIpc) is 2.68. The molecule has 1 aromatic carbocycles. The summed E-state index contributed by atoms with van der Waals surface area (Å²) in [5.41, 5.74) is 0.438. The van der Waals surface area contributed by atoms with Crippen LogP contribution in [0, 0.1) is 5.92 Å². The zero-order chi connectivity index (χ0) is 18.5. The van der Waals surface area contributed by atoms with Crippen molar-refractivity contribution in [2.45, 2.75) is 19.8 Å². The Labute approximate surface area is 153 Å². The summed E-state index contributed by atoms with van der Waals surface area (Å²) in [5, 5.41) is 2.82. The normalized spacial score (nSPS) is 14.8. The predicted molar refractivity (Wildman–Crippen MR) is 100 cm³/mol. The molecule has 26 heavy (non-hydrogen) atoms. The standard InChI is InChI=1S/C19H24N4O3/c1-13-4-6-23(7-5-13)18-11-17(20-12-21-18)22-19(24)14-8-15(25-2)10-16(9-14)26-3/h8-13H,4-7H2,1-3H3,(H,20,21,22,24). The SMILES string of the molecule is COc1cc(OC)cc(C(=O)Nc2cc(N3CCC(C)CC3)ncn2)c1. The third-order valence-corrected chi connectivity index (χ3v) is 4.62. The van der Waals surface area contributed by atoms with Crippen LogP contribution in [0.1, 0.15) is 30.1 Å². The van der Waals surface area contributed by atoms with Gasteiger partial charge in [0.15, 0.2) is 0 Å². The Morgan fingerprint density at radius 3 is 2.35 bits per heavy atom. The minimum Gasteiger partial charge on any atom is -0.497 e. The lowest BCUT2D eigenvalue weighted by Gasteiger charge is -2.31. The lowest BCUT2D eigenvalue weighted by molar-refractivity contribution is 0.102. The van der Waals surface area contributed by atoms with Gasteiger partial charge in [0.1, 0.15) is 29.5 Å². The van der Waals surface area contributed by atoms with E-state index in [0.29, 0.717) is 22.9 Å². The third kappa shape index (κ3) is 4.22. The highest BCUT2D eigenvalue weighted by molar-refractivity contribution is 6.04. The third-order valence-electron chi connectivity index (χ3n) is 4.62. The van der Waals surface area contributed by atoms with Crippen LogP contribution in [0.25, 0.3) is 0 Å². The first-order valence-electron chi connectivity index (χ1n) is 8.70. The van der Waals surface area contributed by atoms with Crippen molar-refractivity contribution in [3.63, 3.8) is 0 Å². The van der Waals surface area contributed by atoms with E-state index in [0.717, 1.165) is 37.7 Å². The number of amides is 1. The van der Waals surface area contributed by atoms with Crippen LogP contribution in [0.4, 0.5) is 11.6 Å². The van der Waals surface area contributed by atoms with Gasteiger partial charge in [-0.2, -0.15) is 0 Å². The highest BCUT2D eigenvalue weighted by atomic mass is 16.5. The number of benzene rings is 1. The molecule has 0 atom stereocenters. The Morgan fingerprint density at radius 2 is 1.73 bits per heavy atom. The lowest BCUT2D eigenvalue weighted by Crippen LogP contribution is -2.33. The maximum Gasteiger partial charge on any atom is 0.257 e. The molecule has 3 rings (SSSR count). The van der Waals surface area contributed by atoms with Crippen molar-refractivity contribution in [2.75, 3.05) is 37.5 Å². The molecular formula is C19H24N4O3. The van der Waals surface area contributed by atoms with E-state index < -0.39 is 0 Å². The van der Waals surface area contributed by atoms with E-state index >= 15 is 0 Å². The molecule has 1 aliphatic heterocycles. The van der Waals surface area contributed by atoms with Gasteiger partial charge in [-0.05, 0) is 30.9 Å². The predicted octanol–water partition coefficient (Wildman–Crippen LogP) is 2.98. The van der Waals surface area contributed by atoms with E-state index in [-0.39, 0.29) is 5.91 Å². The monoisotopic (exact) mass is 356 g/mol.